The van der Waals surface area contributed by atoms with Gasteiger partial charge in [0.2, 0.25) is 0 Å². The number of anilines is 2. The molecule has 0 radical (unpaired) electrons. The summed E-state index contributed by atoms with van der Waals surface area (Å²) in [6, 6.07) is 4.14. The zero-order valence-corrected chi connectivity index (χ0v) is 10.1. The molecule has 1 saturated carbocycles. The summed E-state index contributed by atoms with van der Waals surface area (Å²) in [6.45, 7) is 3.32. The van der Waals surface area contributed by atoms with Gasteiger partial charge in [0.1, 0.15) is 5.52 Å². The molecule has 0 bridgehead atoms. The molecule has 1 aliphatic carbocycles. The third-order valence-electron chi connectivity index (χ3n) is 3.37. The molecule has 0 spiro atoms. The summed E-state index contributed by atoms with van der Waals surface area (Å²) in [6.07, 6.45) is 1.34. The second-order valence-corrected chi connectivity index (χ2v) is 5.47. The van der Waals surface area contributed by atoms with Gasteiger partial charge in [-0.2, -0.15) is 0 Å². The summed E-state index contributed by atoms with van der Waals surface area (Å²) in [5.74, 6) is 1.70. The van der Waals surface area contributed by atoms with Crippen LogP contribution in [0, 0.1) is 11.8 Å². The highest BCUT2D eigenvalue weighted by atomic mass is 32.1. The third kappa shape index (κ3) is 1.63. The second-order valence-electron chi connectivity index (χ2n) is 4.58. The molecule has 2 atom stereocenters. The van der Waals surface area contributed by atoms with Crippen LogP contribution >= 0.6 is 11.3 Å². The molecule has 2 unspecified atom stereocenters. The van der Waals surface area contributed by atoms with E-state index in [1.54, 1.807) is 11.3 Å². The van der Waals surface area contributed by atoms with Crippen molar-refractivity contribution in [3.05, 3.63) is 17.6 Å². The van der Waals surface area contributed by atoms with Crippen molar-refractivity contribution in [2.24, 2.45) is 11.8 Å². The molecule has 1 fully saturated rings. The highest BCUT2D eigenvalue weighted by molar-refractivity contribution is 7.16. The summed E-state index contributed by atoms with van der Waals surface area (Å²) in [5, 5.41) is 3.43. The van der Waals surface area contributed by atoms with Gasteiger partial charge in [-0.15, -0.1) is 11.3 Å². The molecular weight excluding hydrogens is 218 g/mol. The number of rotatable bonds is 3. The van der Waals surface area contributed by atoms with Gasteiger partial charge in [-0.25, -0.2) is 4.98 Å². The quantitative estimate of drug-likeness (QED) is 0.801. The van der Waals surface area contributed by atoms with Gasteiger partial charge in [0.05, 0.1) is 21.6 Å². The Bertz CT molecular complexity index is 520. The Hall–Kier alpha value is -1.29. The van der Waals surface area contributed by atoms with Gasteiger partial charge in [0.25, 0.3) is 0 Å². The van der Waals surface area contributed by atoms with E-state index in [4.69, 9.17) is 5.73 Å². The standard InChI is InChI=1S/C12H15N3S/c1-7-4-8(7)5-14-9-2-3-10-12(11(9)13)15-6-16-10/h2-3,6-8,14H,4-5,13H2,1H3. The van der Waals surface area contributed by atoms with E-state index in [-0.39, 0.29) is 0 Å². The van der Waals surface area contributed by atoms with Crippen LogP contribution in [0.4, 0.5) is 11.4 Å². The predicted octanol–water partition coefficient (Wildman–Crippen LogP) is 2.95. The van der Waals surface area contributed by atoms with Gasteiger partial charge in [-0.05, 0) is 30.4 Å². The van der Waals surface area contributed by atoms with Gasteiger partial charge >= 0.3 is 0 Å². The van der Waals surface area contributed by atoms with Gasteiger partial charge < -0.3 is 11.1 Å². The molecule has 1 heterocycles. The minimum Gasteiger partial charge on any atom is -0.395 e. The van der Waals surface area contributed by atoms with Gasteiger partial charge in [0.15, 0.2) is 0 Å². The van der Waals surface area contributed by atoms with Crippen molar-refractivity contribution in [3.8, 4) is 0 Å². The number of nitrogen functional groups attached to an aromatic ring is 1. The number of fused-ring (bicyclic) bond motifs is 1. The largest absolute Gasteiger partial charge is 0.395 e. The Morgan fingerprint density at radius 2 is 2.38 bits per heavy atom. The lowest BCUT2D eigenvalue weighted by molar-refractivity contribution is 0.787. The topological polar surface area (TPSA) is 50.9 Å². The summed E-state index contributed by atoms with van der Waals surface area (Å²) in [5.41, 5.74) is 10.7. The molecule has 84 valence electrons. The Balaban J connectivity index is 1.83. The fraction of sp³-hybridized carbons (Fsp3) is 0.417. The van der Waals surface area contributed by atoms with Crippen LogP contribution in [0.5, 0.6) is 0 Å². The Labute approximate surface area is 98.7 Å². The van der Waals surface area contributed by atoms with Crippen LogP contribution in [0.3, 0.4) is 0 Å². The van der Waals surface area contributed by atoms with Crippen LogP contribution in [0.15, 0.2) is 17.6 Å². The third-order valence-corrected chi connectivity index (χ3v) is 4.17. The van der Waals surface area contributed by atoms with Crippen molar-refractivity contribution in [3.63, 3.8) is 0 Å². The molecule has 1 aromatic carbocycles. The Morgan fingerprint density at radius 3 is 3.12 bits per heavy atom. The number of hydrogen-bond donors (Lipinski definition) is 2. The maximum Gasteiger partial charge on any atom is 0.106 e. The highest BCUT2D eigenvalue weighted by Gasteiger charge is 2.31. The summed E-state index contributed by atoms with van der Waals surface area (Å²) < 4.78 is 1.16. The van der Waals surface area contributed by atoms with Gasteiger partial charge in [0, 0.05) is 6.54 Å². The van der Waals surface area contributed by atoms with E-state index in [0.717, 1.165) is 40.0 Å². The zero-order valence-electron chi connectivity index (χ0n) is 9.23. The molecular formula is C12H15N3S. The highest BCUT2D eigenvalue weighted by Crippen LogP contribution is 2.38. The van der Waals surface area contributed by atoms with Crippen LogP contribution in [0.2, 0.25) is 0 Å². The minimum atomic E-state index is 0.784. The van der Waals surface area contributed by atoms with Crippen molar-refractivity contribution >= 4 is 32.9 Å². The van der Waals surface area contributed by atoms with E-state index in [9.17, 15) is 0 Å². The average molecular weight is 233 g/mol. The fourth-order valence-electron chi connectivity index (χ4n) is 2.03. The first-order valence-electron chi connectivity index (χ1n) is 5.61. The first-order chi connectivity index (χ1) is 7.75. The number of hydrogen-bond acceptors (Lipinski definition) is 4. The van der Waals surface area contributed by atoms with Crippen molar-refractivity contribution < 1.29 is 0 Å². The molecule has 0 saturated heterocycles. The molecule has 4 heteroatoms. The second kappa shape index (κ2) is 3.63. The molecule has 16 heavy (non-hydrogen) atoms. The number of benzene rings is 1. The van der Waals surface area contributed by atoms with E-state index >= 15 is 0 Å². The smallest absolute Gasteiger partial charge is 0.106 e. The monoisotopic (exact) mass is 233 g/mol. The van der Waals surface area contributed by atoms with Crippen LogP contribution in [0.25, 0.3) is 10.2 Å². The number of thiazole rings is 1. The van der Waals surface area contributed by atoms with Crippen LogP contribution < -0.4 is 11.1 Å². The number of nitrogens with one attached hydrogen (secondary N) is 1. The van der Waals surface area contributed by atoms with Crippen molar-refractivity contribution in [1.82, 2.24) is 4.98 Å². The first-order valence-corrected chi connectivity index (χ1v) is 6.49. The first kappa shape index (κ1) is 9.90. The van der Waals surface area contributed by atoms with Crippen molar-refractivity contribution in [1.29, 1.82) is 0 Å². The molecule has 2 aromatic rings. The normalized spacial score (nSPS) is 23.6. The number of nitrogens with two attached hydrogens (primary N) is 1. The Morgan fingerprint density at radius 1 is 1.56 bits per heavy atom. The predicted molar refractivity (Wildman–Crippen MR) is 69.8 cm³/mol. The Kier molecular flexibility index (Phi) is 2.24. The van der Waals surface area contributed by atoms with Crippen molar-refractivity contribution in [2.45, 2.75) is 13.3 Å². The van der Waals surface area contributed by atoms with E-state index in [2.05, 4.69) is 29.4 Å². The molecule has 0 aliphatic heterocycles. The average Bonchev–Trinajstić information content (AvgIpc) is 2.80. The number of aromatic nitrogens is 1. The van der Waals surface area contributed by atoms with E-state index in [0.29, 0.717) is 0 Å². The number of nitrogens with zero attached hydrogens (tertiary/aromatic N) is 1. The molecule has 3 rings (SSSR count). The fourth-order valence-corrected chi connectivity index (χ4v) is 2.72. The lowest BCUT2D eigenvalue weighted by Gasteiger charge is -2.08. The minimum absolute atomic E-state index is 0.784. The molecule has 1 aliphatic rings. The van der Waals surface area contributed by atoms with Gasteiger partial charge in [-0.1, -0.05) is 6.92 Å². The molecule has 3 nitrogen and oxygen atoms in total. The lowest BCUT2D eigenvalue weighted by Crippen LogP contribution is -2.06. The van der Waals surface area contributed by atoms with E-state index in [1.165, 1.54) is 6.42 Å². The van der Waals surface area contributed by atoms with Gasteiger partial charge in [-0.3, -0.25) is 0 Å². The maximum absolute atomic E-state index is 6.09. The van der Waals surface area contributed by atoms with E-state index in [1.807, 2.05) is 5.51 Å². The SMILES string of the molecule is CC1CC1CNc1ccc2scnc2c1N. The molecule has 1 aromatic heterocycles. The summed E-state index contributed by atoms with van der Waals surface area (Å²) >= 11 is 1.63. The van der Waals surface area contributed by atoms with Crippen LogP contribution in [-0.2, 0) is 0 Å². The molecule has 3 N–H and O–H groups in total. The van der Waals surface area contributed by atoms with Crippen LogP contribution in [0.1, 0.15) is 13.3 Å². The lowest BCUT2D eigenvalue weighted by atomic mass is 10.2. The maximum atomic E-state index is 6.09. The van der Waals surface area contributed by atoms with Crippen molar-refractivity contribution in [2.75, 3.05) is 17.6 Å². The van der Waals surface area contributed by atoms with Crippen LogP contribution in [-0.4, -0.2) is 11.5 Å². The van der Waals surface area contributed by atoms with E-state index < -0.39 is 0 Å². The summed E-state index contributed by atoms with van der Waals surface area (Å²) in [4.78, 5) is 4.29. The molecule has 0 amide bonds. The summed E-state index contributed by atoms with van der Waals surface area (Å²) in [7, 11) is 0. The zero-order chi connectivity index (χ0) is 11.1.